The number of hydrogen-bond acceptors (Lipinski definition) is 3. The van der Waals surface area contributed by atoms with E-state index in [1.807, 2.05) is 29.5 Å². The Labute approximate surface area is 126 Å². The summed E-state index contributed by atoms with van der Waals surface area (Å²) in [5.41, 5.74) is 2.46. The van der Waals surface area contributed by atoms with E-state index in [1.54, 1.807) is 7.11 Å². The topological polar surface area (TPSA) is 21.3 Å². The summed E-state index contributed by atoms with van der Waals surface area (Å²) in [5.74, 6) is 0.848. The summed E-state index contributed by atoms with van der Waals surface area (Å²) in [7, 11) is 1.67. The molecule has 0 spiro atoms. The van der Waals surface area contributed by atoms with Gasteiger partial charge < -0.3 is 10.1 Å². The van der Waals surface area contributed by atoms with Gasteiger partial charge in [0.05, 0.1) is 11.6 Å². The molecule has 1 aromatic carbocycles. The molecule has 0 saturated carbocycles. The molecule has 0 radical (unpaired) electrons. The van der Waals surface area contributed by atoms with Gasteiger partial charge in [-0.1, -0.05) is 0 Å². The minimum Gasteiger partial charge on any atom is -0.496 e. The van der Waals surface area contributed by atoms with Crippen LogP contribution in [0.2, 0.25) is 0 Å². The van der Waals surface area contributed by atoms with Crippen molar-refractivity contribution in [1.82, 2.24) is 0 Å². The van der Waals surface area contributed by atoms with Crippen LogP contribution >= 0.6 is 27.3 Å². The van der Waals surface area contributed by atoms with Crippen LogP contribution in [0.15, 0.2) is 28.7 Å². The first-order valence-electron chi connectivity index (χ1n) is 6.18. The summed E-state index contributed by atoms with van der Waals surface area (Å²) in [4.78, 5) is 2.74. The normalized spacial score (nSPS) is 12.3. The van der Waals surface area contributed by atoms with Crippen LogP contribution in [0.1, 0.15) is 28.3 Å². The highest BCUT2D eigenvalue weighted by Gasteiger charge is 2.11. The number of aryl methyl sites for hydroxylation is 2. The van der Waals surface area contributed by atoms with E-state index in [9.17, 15) is 0 Å². The van der Waals surface area contributed by atoms with Crippen molar-refractivity contribution < 1.29 is 4.74 Å². The van der Waals surface area contributed by atoms with Crippen LogP contribution in [0.5, 0.6) is 5.75 Å². The largest absolute Gasteiger partial charge is 0.496 e. The Hall–Kier alpha value is -1.00. The van der Waals surface area contributed by atoms with E-state index in [2.05, 4.69) is 48.1 Å². The molecule has 1 aromatic heterocycles. The first-order chi connectivity index (χ1) is 9.01. The summed E-state index contributed by atoms with van der Waals surface area (Å²) in [6.45, 7) is 6.51. The summed E-state index contributed by atoms with van der Waals surface area (Å²) >= 11 is 5.36. The van der Waals surface area contributed by atoms with E-state index >= 15 is 0 Å². The first kappa shape index (κ1) is 14.4. The lowest BCUT2D eigenvalue weighted by atomic mass is 10.1. The van der Waals surface area contributed by atoms with Crippen LogP contribution in [0, 0.1) is 13.8 Å². The van der Waals surface area contributed by atoms with Gasteiger partial charge in [-0.05, 0) is 66.5 Å². The Morgan fingerprint density at radius 1 is 1.26 bits per heavy atom. The standard InChI is InChI=1S/C15H18BrNOS/c1-9-7-13(11(3)19-9)10(2)17-12-5-6-15(18-4)14(16)8-12/h5-8,10,17H,1-4H3. The maximum Gasteiger partial charge on any atom is 0.133 e. The van der Waals surface area contributed by atoms with Crippen molar-refractivity contribution in [2.75, 3.05) is 12.4 Å². The van der Waals surface area contributed by atoms with Gasteiger partial charge in [0.1, 0.15) is 5.75 Å². The number of thiophene rings is 1. The number of benzene rings is 1. The molecule has 1 N–H and O–H groups in total. The zero-order chi connectivity index (χ0) is 14.0. The zero-order valence-electron chi connectivity index (χ0n) is 11.6. The van der Waals surface area contributed by atoms with Crippen LogP contribution < -0.4 is 10.1 Å². The number of nitrogens with one attached hydrogen (secondary N) is 1. The quantitative estimate of drug-likeness (QED) is 0.814. The van der Waals surface area contributed by atoms with Crippen molar-refractivity contribution >= 4 is 33.0 Å². The fraction of sp³-hybridized carbons (Fsp3) is 0.333. The Morgan fingerprint density at radius 2 is 2.00 bits per heavy atom. The highest BCUT2D eigenvalue weighted by molar-refractivity contribution is 9.10. The summed E-state index contributed by atoms with van der Waals surface area (Å²) in [5, 5.41) is 3.53. The predicted molar refractivity (Wildman–Crippen MR) is 86.5 cm³/mol. The van der Waals surface area contributed by atoms with Crippen LogP contribution in [0.3, 0.4) is 0 Å². The van der Waals surface area contributed by atoms with Crippen LogP contribution in [0.4, 0.5) is 5.69 Å². The van der Waals surface area contributed by atoms with Gasteiger partial charge in [-0.15, -0.1) is 11.3 Å². The number of ether oxygens (including phenoxy) is 1. The molecule has 2 nitrogen and oxygen atoms in total. The highest BCUT2D eigenvalue weighted by Crippen LogP contribution is 2.32. The third-order valence-electron chi connectivity index (χ3n) is 3.08. The predicted octanol–water partition coefficient (Wildman–Crippen LogP) is 5.31. The van der Waals surface area contributed by atoms with Crippen LogP contribution in [-0.2, 0) is 0 Å². The van der Waals surface area contributed by atoms with E-state index in [0.29, 0.717) is 6.04 Å². The summed E-state index contributed by atoms with van der Waals surface area (Å²) in [6, 6.07) is 8.60. The number of anilines is 1. The third-order valence-corrected chi connectivity index (χ3v) is 4.68. The van der Waals surface area contributed by atoms with Gasteiger partial charge in [-0.25, -0.2) is 0 Å². The Kier molecular flexibility index (Phi) is 4.53. The third kappa shape index (κ3) is 3.31. The Morgan fingerprint density at radius 3 is 2.53 bits per heavy atom. The van der Waals surface area contributed by atoms with Gasteiger partial charge in [-0.3, -0.25) is 0 Å². The molecular formula is C15H18BrNOS. The molecule has 19 heavy (non-hydrogen) atoms. The van der Waals surface area contributed by atoms with Crippen molar-refractivity contribution in [3.8, 4) is 5.75 Å². The van der Waals surface area contributed by atoms with Gasteiger partial charge >= 0.3 is 0 Å². The second-order valence-electron chi connectivity index (χ2n) is 4.58. The van der Waals surface area contributed by atoms with Crippen molar-refractivity contribution in [2.24, 2.45) is 0 Å². The van der Waals surface area contributed by atoms with Gasteiger partial charge in [0.15, 0.2) is 0 Å². The zero-order valence-corrected chi connectivity index (χ0v) is 14.0. The average Bonchev–Trinajstić information content (AvgIpc) is 2.69. The molecule has 2 rings (SSSR count). The van der Waals surface area contributed by atoms with Crippen molar-refractivity contribution in [3.63, 3.8) is 0 Å². The van der Waals surface area contributed by atoms with Crippen LogP contribution in [0.25, 0.3) is 0 Å². The van der Waals surface area contributed by atoms with Gasteiger partial charge in [0.25, 0.3) is 0 Å². The van der Waals surface area contributed by atoms with Gasteiger partial charge in [0.2, 0.25) is 0 Å². The SMILES string of the molecule is COc1ccc(NC(C)c2cc(C)sc2C)cc1Br. The lowest BCUT2D eigenvalue weighted by Crippen LogP contribution is -2.06. The van der Waals surface area contributed by atoms with Crippen molar-refractivity contribution in [3.05, 3.63) is 44.1 Å². The second-order valence-corrected chi connectivity index (χ2v) is 6.90. The molecule has 0 aliphatic rings. The molecule has 1 unspecified atom stereocenters. The smallest absolute Gasteiger partial charge is 0.133 e. The maximum atomic E-state index is 5.24. The fourth-order valence-electron chi connectivity index (χ4n) is 2.16. The molecule has 1 heterocycles. The molecule has 1 atom stereocenters. The molecule has 0 amide bonds. The summed E-state index contributed by atoms with van der Waals surface area (Å²) in [6.07, 6.45) is 0. The van der Waals surface area contributed by atoms with Crippen molar-refractivity contribution in [1.29, 1.82) is 0 Å². The molecular weight excluding hydrogens is 322 g/mol. The average molecular weight is 340 g/mol. The monoisotopic (exact) mass is 339 g/mol. The molecule has 0 fully saturated rings. The number of rotatable bonds is 4. The lowest BCUT2D eigenvalue weighted by molar-refractivity contribution is 0.412. The summed E-state index contributed by atoms with van der Waals surface area (Å²) < 4.78 is 6.20. The van der Waals surface area contributed by atoms with E-state index in [4.69, 9.17) is 4.74 Å². The minimum atomic E-state index is 0.297. The first-order valence-corrected chi connectivity index (χ1v) is 7.79. The molecule has 0 aliphatic heterocycles. The van der Waals surface area contributed by atoms with E-state index in [0.717, 1.165) is 15.9 Å². The number of methoxy groups -OCH3 is 1. The molecule has 0 aliphatic carbocycles. The van der Waals surface area contributed by atoms with E-state index in [-0.39, 0.29) is 0 Å². The molecule has 2 aromatic rings. The highest BCUT2D eigenvalue weighted by atomic mass is 79.9. The molecule has 0 bridgehead atoms. The van der Waals surface area contributed by atoms with E-state index in [1.165, 1.54) is 15.3 Å². The molecule has 102 valence electrons. The van der Waals surface area contributed by atoms with Gasteiger partial charge in [0, 0.05) is 21.5 Å². The van der Waals surface area contributed by atoms with Crippen molar-refractivity contribution in [2.45, 2.75) is 26.8 Å². The van der Waals surface area contributed by atoms with Crippen LogP contribution in [-0.4, -0.2) is 7.11 Å². The minimum absolute atomic E-state index is 0.297. The Balaban J connectivity index is 2.17. The molecule has 4 heteroatoms. The van der Waals surface area contributed by atoms with E-state index < -0.39 is 0 Å². The second kappa shape index (κ2) is 5.97. The molecule has 0 saturated heterocycles. The fourth-order valence-corrected chi connectivity index (χ4v) is 3.73. The maximum absolute atomic E-state index is 5.24. The lowest BCUT2D eigenvalue weighted by Gasteiger charge is -2.16. The van der Waals surface area contributed by atoms with Gasteiger partial charge in [-0.2, -0.15) is 0 Å². The Bertz CT molecular complexity index is 580. The number of halogens is 1. The number of hydrogen-bond donors (Lipinski definition) is 1.